The number of hydrogen-bond acceptors (Lipinski definition) is 15. The monoisotopic (exact) mass is 1210 g/mol. The van der Waals surface area contributed by atoms with Gasteiger partial charge < -0.3 is 33.8 Å². The van der Waals surface area contributed by atoms with Gasteiger partial charge in [0.25, 0.3) is 0 Å². The van der Waals surface area contributed by atoms with E-state index in [0.717, 1.165) is 122 Å². The summed E-state index contributed by atoms with van der Waals surface area (Å²) in [5, 5.41) is 10.5. The standard InChI is InChI=1S/C63H118O17P2/c1-5-9-13-17-21-24-26-28-29-30-32-34-38-42-46-50-63(68)80-59(54-74-61(66)48-44-40-37-33-31-27-25-22-18-14-10-6-2)56-78-82(71,72)76-52-57(64)51-75-81(69,70)77-55-58(53-73-60(65)47-43-39-35-20-16-12-8-4)79-62(67)49-45-41-36-23-19-15-11-7-3/h24,26,28-29,57-59,64H,5-23,25,27,30-56H2,1-4H3,(H,69,70)(H,71,72)/b26-24-,29-28-/t57-,58+,59+/m0/s1. The zero-order valence-electron chi connectivity index (χ0n) is 51.9. The van der Waals surface area contributed by atoms with Gasteiger partial charge in [-0.05, 0) is 51.4 Å². The Bertz CT molecular complexity index is 1680. The molecule has 0 saturated heterocycles. The molecule has 0 bridgehead atoms. The fourth-order valence-corrected chi connectivity index (χ4v) is 10.5. The van der Waals surface area contributed by atoms with Crippen LogP contribution in [0.2, 0.25) is 0 Å². The minimum atomic E-state index is -4.95. The van der Waals surface area contributed by atoms with Crippen LogP contribution < -0.4 is 0 Å². The summed E-state index contributed by atoms with van der Waals surface area (Å²) >= 11 is 0. The Morgan fingerprint density at radius 2 is 0.585 bits per heavy atom. The largest absolute Gasteiger partial charge is 0.472 e. The Hall–Kier alpha value is -2.46. The Morgan fingerprint density at radius 1 is 0.341 bits per heavy atom. The molecule has 0 aliphatic heterocycles. The van der Waals surface area contributed by atoms with Gasteiger partial charge in [0.1, 0.15) is 19.3 Å². The van der Waals surface area contributed by atoms with Crippen LogP contribution in [-0.2, 0) is 65.4 Å². The van der Waals surface area contributed by atoms with Gasteiger partial charge in [-0.3, -0.25) is 37.3 Å². The maximum absolute atomic E-state index is 13.0. The predicted molar refractivity (Wildman–Crippen MR) is 326 cm³/mol. The molecule has 82 heavy (non-hydrogen) atoms. The zero-order chi connectivity index (χ0) is 60.5. The lowest BCUT2D eigenvalue weighted by molar-refractivity contribution is -0.161. The van der Waals surface area contributed by atoms with Crippen LogP contribution in [-0.4, -0.2) is 96.7 Å². The van der Waals surface area contributed by atoms with Crippen molar-refractivity contribution in [2.75, 3.05) is 39.6 Å². The van der Waals surface area contributed by atoms with Gasteiger partial charge in [-0.2, -0.15) is 0 Å². The number of ether oxygens (including phenoxy) is 4. The van der Waals surface area contributed by atoms with E-state index in [-0.39, 0.29) is 25.7 Å². The van der Waals surface area contributed by atoms with Gasteiger partial charge in [0, 0.05) is 25.7 Å². The lowest BCUT2D eigenvalue weighted by atomic mass is 10.0. The van der Waals surface area contributed by atoms with Crippen LogP contribution in [0, 0.1) is 0 Å². The summed E-state index contributed by atoms with van der Waals surface area (Å²) in [7, 11) is -9.89. The van der Waals surface area contributed by atoms with Gasteiger partial charge in [0.05, 0.1) is 26.4 Å². The van der Waals surface area contributed by atoms with Gasteiger partial charge >= 0.3 is 39.5 Å². The number of carbonyl (C=O) groups is 4. The Kier molecular flexibility index (Phi) is 55.9. The average Bonchev–Trinajstić information content (AvgIpc) is 3.45. The number of aliphatic hydroxyl groups excluding tert-OH is 1. The molecule has 0 amide bonds. The Morgan fingerprint density at radius 3 is 0.890 bits per heavy atom. The molecule has 0 aromatic carbocycles. The highest BCUT2D eigenvalue weighted by atomic mass is 31.2. The van der Waals surface area contributed by atoms with Crippen LogP contribution >= 0.6 is 15.6 Å². The molecule has 482 valence electrons. The Labute approximate surface area is 497 Å². The van der Waals surface area contributed by atoms with Crippen molar-refractivity contribution >= 4 is 39.5 Å². The van der Waals surface area contributed by atoms with E-state index in [2.05, 4.69) is 52.0 Å². The fourth-order valence-electron chi connectivity index (χ4n) is 8.92. The molecule has 0 aliphatic rings. The van der Waals surface area contributed by atoms with E-state index in [1.807, 2.05) is 0 Å². The molecule has 3 N–H and O–H groups in total. The summed E-state index contributed by atoms with van der Waals surface area (Å²) in [5.41, 5.74) is 0. The molecule has 5 atom stereocenters. The molecule has 0 aromatic heterocycles. The third-order valence-corrected chi connectivity index (χ3v) is 15.9. The number of rotatable bonds is 62. The molecule has 0 saturated carbocycles. The minimum absolute atomic E-state index is 0.0855. The van der Waals surface area contributed by atoms with Crippen LogP contribution in [0.3, 0.4) is 0 Å². The first-order valence-corrected chi connectivity index (χ1v) is 35.6. The third kappa shape index (κ3) is 56.7. The van der Waals surface area contributed by atoms with E-state index in [9.17, 15) is 43.2 Å². The van der Waals surface area contributed by atoms with Gasteiger partial charge in [0.2, 0.25) is 0 Å². The second kappa shape index (κ2) is 57.6. The molecular formula is C63H118O17P2. The van der Waals surface area contributed by atoms with E-state index in [1.54, 1.807) is 0 Å². The maximum Gasteiger partial charge on any atom is 0.472 e. The number of aliphatic hydroxyl groups is 1. The summed E-state index contributed by atoms with van der Waals surface area (Å²) in [6.45, 7) is 4.75. The Balaban J connectivity index is 5.23. The smallest absolute Gasteiger partial charge is 0.462 e. The number of phosphoric ester groups is 2. The van der Waals surface area contributed by atoms with Crippen molar-refractivity contribution in [1.82, 2.24) is 0 Å². The lowest BCUT2D eigenvalue weighted by Crippen LogP contribution is -2.30. The number of unbranched alkanes of at least 4 members (excludes halogenated alkanes) is 33. The summed E-state index contributed by atoms with van der Waals surface area (Å²) in [6.07, 6.45) is 45.4. The molecule has 0 spiro atoms. The van der Waals surface area contributed by atoms with Gasteiger partial charge in [-0.15, -0.1) is 0 Å². The SMILES string of the molecule is CCCCCC/C=C\C=C/CCCCCCCC(=O)O[C@H](COC(=O)CCCCCCCCCCCCCC)COP(=O)(O)OC[C@@H](O)COP(=O)(O)OC[C@@H](COC(=O)CCCCCCCCC)OC(=O)CCCCCCCCCC. The second-order valence-corrected chi connectivity index (χ2v) is 25.0. The van der Waals surface area contributed by atoms with Gasteiger partial charge in [0.15, 0.2) is 12.2 Å². The van der Waals surface area contributed by atoms with Crippen molar-refractivity contribution in [1.29, 1.82) is 0 Å². The van der Waals surface area contributed by atoms with E-state index in [0.29, 0.717) is 25.7 Å². The fraction of sp³-hybridized carbons (Fsp3) is 0.873. The summed E-state index contributed by atoms with van der Waals surface area (Å²) < 4.78 is 67.7. The second-order valence-electron chi connectivity index (χ2n) is 22.1. The van der Waals surface area contributed by atoms with Gasteiger partial charge in [-0.1, -0.05) is 245 Å². The minimum Gasteiger partial charge on any atom is -0.462 e. The average molecular weight is 1210 g/mol. The molecular weight excluding hydrogens is 1090 g/mol. The topological polar surface area (TPSA) is 237 Å². The highest BCUT2D eigenvalue weighted by molar-refractivity contribution is 7.47. The van der Waals surface area contributed by atoms with Crippen molar-refractivity contribution in [2.24, 2.45) is 0 Å². The predicted octanol–water partition coefficient (Wildman–Crippen LogP) is 17.1. The van der Waals surface area contributed by atoms with Crippen molar-refractivity contribution in [3.8, 4) is 0 Å². The molecule has 0 rings (SSSR count). The van der Waals surface area contributed by atoms with Crippen LogP contribution in [0.1, 0.15) is 297 Å². The zero-order valence-corrected chi connectivity index (χ0v) is 53.7. The molecule has 19 heteroatoms. The molecule has 17 nitrogen and oxygen atoms in total. The quantitative estimate of drug-likeness (QED) is 0.0169. The van der Waals surface area contributed by atoms with E-state index < -0.39 is 97.5 Å². The molecule has 0 fully saturated rings. The number of hydrogen-bond donors (Lipinski definition) is 3. The first kappa shape index (κ1) is 79.5. The molecule has 0 heterocycles. The molecule has 0 aromatic rings. The van der Waals surface area contributed by atoms with Crippen molar-refractivity contribution < 1.29 is 80.2 Å². The molecule has 0 radical (unpaired) electrons. The van der Waals surface area contributed by atoms with Crippen LogP contribution in [0.4, 0.5) is 0 Å². The maximum atomic E-state index is 13.0. The third-order valence-electron chi connectivity index (χ3n) is 14.0. The first-order valence-electron chi connectivity index (χ1n) is 32.6. The number of carbonyl (C=O) groups excluding carboxylic acids is 4. The molecule has 0 aliphatic carbocycles. The normalized spacial score (nSPS) is 14.4. The number of allylic oxidation sites excluding steroid dienone is 4. The van der Waals surface area contributed by atoms with E-state index >= 15 is 0 Å². The van der Waals surface area contributed by atoms with Crippen LogP contribution in [0.15, 0.2) is 24.3 Å². The first-order chi connectivity index (χ1) is 39.7. The van der Waals surface area contributed by atoms with Crippen molar-refractivity contribution in [2.45, 2.75) is 316 Å². The number of phosphoric acid groups is 2. The summed E-state index contributed by atoms with van der Waals surface area (Å²) in [5.74, 6) is -2.17. The highest BCUT2D eigenvalue weighted by Gasteiger charge is 2.30. The van der Waals surface area contributed by atoms with Crippen LogP contribution in [0.5, 0.6) is 0 Å². The highest BCUT2D eigenvalue weighted by Crippen LogP contribution is 2.45. The number of esters is 4. The van der Waals surface area contributed by atoms with Crippen LogP contribution in [0.25, 0.3) is 0 Å². The van der Waals surface area contributed by atoms with E-state index in [1.165, 1.54) is 96.3 Å². The summed E-state index contributed by atoms with van der Waals surface area (Å²) in [6, 6.07) is 0. The van der Waals surface area contributed by atoms with Gasteiger partial charge in [-0.25, -0.2) is 9.13 Å². The van der Waals surface area contributed by atoms with Crippen molar-refractivity contribution in [3.05, 3.63) is 24.3 Å². The van der Waals surface area contributed by atoms with Crippen molar-refractivity contribution in [3.63, 3.8) is 0 Å². The lowest BCUT2D eigenvalue weighted by Gasteiger charge is -2.21. The summed E-state index contributed by atoms with van der Waals surface area (Å²) in [4.78, 5) is 71.9. The molecule has 2 unspecified atom stereocenters. The van der Waals surface area contributed by atoms with E-state index in [4.69, 9.17) is 37.0 Å².